The molecule has 0 bridgehead atoms. The summed E-state index contributed by atoms with van der Waals surface area (Å²) in [5.74, 6) is -0.0753. The highest BCUT2D eigenvalue weighted by molar-refractivity contribution is 5.81. The molecule has 0 aromatic carbocycles. The molecule has 0 radical (unpaired) electrons. The van der Waals surface area contributed by atoms with E-state index in [1.807, 2.05) is 0 Å². The van der Waals surface area contributed by atoms with Crippen molar-refractivity contribution in [2.45, 2.75) is 18.9 Å². The topological polar surface area (TPSA) is 68.8 Å². The van der Waals surface area contributed by atoms with Crippen LogP contribution < -0.4 is 10.6 Å². The smallest absolute Gasteiger partial charge is 0.251 e. The van der Waals surface area contributed by atoms with Crippen LogP contribution in [0.5, 0.6) is 0 Å². The largest absolute Gasteiger partial charge is 0.384 e. The quantitative estimate of drug-likeness (QED) is 0.708. The van der Waals surface area contributed by atoms with E-state index in [0.29, 0.717) is 33.0 Å². The Balaban J connectivity index is 1.82. The van der Waals surface area contributed by atoms with Crippen LogP contribution in [-0.4, -0.2) is 65.2 Å². The Bertz CT molecular complexity index is 281. The number of hydrogen-bond donors (Lipinski definition) is 2. The summed E-state index contributed by atoms with van der Waals surface area (Å²) in [7, 11) is 1.71. The zero-order chi connectivity index (χ0) is 13.6. The van der Waals surface area contributed by atoms with Crippen LogP contribution in [0, 0.1) is 5.41 Å². The van der Waals surface area contributed by atoms with E-state index in [4.69, 9.17) is 14.2 Å². The summed E-state index contributed by atoms with van der Waals surface area (Å²) in [5.41, 5.74) is 0.0468. The first-order valence-corrected chi connectivity index (χ1v) is 6.92. The summed E-state index contributed by atoms with van der Waals surface area (Å²) in [6.45, 7) is 4.68. The van der Waals surface area contributed by atoms with E-state index in [2.05, 4.69) is 10.6 Å². The molecule has 0 saturated carbocycles. The van der Waals surface area contributed by atoms with E-state index in [-0.39, 0.29) is 11.3 Å². The van der Waals surface area contributed by atoms with Crippen molar-refractivity contribution in [2.24, 2.45) is 5.41 Å². The van der Waals surface area contributed by atoms with Gasteiger partial charge in [0.25, 0.3) is 5.91 Å². The summed E-state index contributed by atoms with van der Waals surface area (Å²) in [6, 6.07) is 0. The second kappa shape index (κ2) is 7.19. The molecule has 2 heterocycles. The van der Waals surface area contributed by atoms with Crippen molar-refractivity contribution in [1.82, 2.24) is 10.6 Å². The number of rotatable bonds is 5. The van der Waals surface area contributed by atoms with E-state index < -0.39 is 6.10 Å². The van der Waals surface area contributed by atoms with Crippen LogP contribution in [0.15, 0.2) is 0 Å². The fraction of sp³-hybridized carbons (Fsp3) is 0.923. The molecule has 110 valence electrons. The Kier molecular flexibility index (Phi) is 5.57. The van der Waals surface area contributed by atoms with Gasteiger partial charge in [-0.05, 0) is 25.9 Å². The molecule has 2 N–H and O–H groups in total. The molecule has 19 heavy (non-hydrogen) atoms. The average Bonchev–Trinajstić information content (AvgIpc) is 2.47. The van der Waals surface area contributed by atoms with Gasteiger partial charge in [-0.1, -0.05) is 0 Å². The van der Waals surface area contributed by atoms with Gasteiger partial charge in [-0.25, -0.2) is 0 Å². The summed E-state index contributed by atoms with van der Waals surface area (Å²) < 4.78 is 16.0. The molecule has 2 saturated heterocycles. The number of methoxy groups -OCH3 is 1. The Labute approximate surface area is 114 Å². The highest BCUT2D eigenvalue weighted by Gasteiger charge is 2.33. The van der Waals surface area contributed by atoms with Crippen LogP contribution >= 0.6 is 0 Å². The molecule has 2 fully saturated rings. The molecule has 0 aliphatic carbocycles. The lowest BCUT2D eigenvalue weighted by molar-refractivity contribution is -0.148. The molecule has 1 atom stereocenters. The first kappa shape index (κ1) is 14.7. The number of piperidine rings is 1. The van der Waals surface area contributed by atoms with Crippen LogP contribution in [0.1, 0.15) is 12.8 Å². The van der Waals surface area contributed by atoms with E-state index in [1.54, 1.807) is 7.11 Å². The van der Waals surface area contributed by atoms with Crippen molar-refractivity contribution in [1.29, 1.82) is 0 Å². The molecule has 2 aliphatic rings. The monoisotopic (exact) mass is 272 g/mol. The molecule has 1 unspecified atom stereocenters. The third kappa shape index (κ3) is 4.14. The maximum Gasteiger partial charge on any atom is 0.251 e. The van der Waals surface area contributed by atoms with E-state index in [0.717, 1.165) is 25.9 Å². The SMILES string of the molecule is COCC1(CNC(=O)C2COCCO2)CCNCC1. The summed E-state index contributed by atoms with van der Waals surface area (Å²) in [6.07, 6.45) is 1.57. The van der Waals surface area contributed by atoms with E-state index in [9.17, 15) is 4.79 Å². The molecule has 2 aliphatic heterocycles. The number of carbonyl (C=O) groups is 1. The third-order valence-electron chi connectivity index (χ3n) is 3.86. The van der Waals surface area contributed by atoms with Gasteiger partial charge in [0, 0.05) is 19.1 Å². The first-order chi connectivity index (χ1) is 9.26. The molecule has 2 rings (SSSR count). The van der Waals surface area contributed by atoms with Gasteiger partial charge in [0.15, 0.2) is 6.10 Å². The highest BCUT2D eigenvalue weighted by atomic mass is 16.6. The highest BCUT2D eigenvalue weighted by Crippen LogP contribution is 2.28. The van der Waals surface area contributed by atoms with Crippen molar-refractivity contribution in [3.63, 3.8) is 0 Å². The van der Waals surface area contributed by atoms with Crippen molar-refractivity contribution < 1.29 is 19.0 Å². The molecule has 1 amide bonds. The molecular weight excluding hydrogens is 248 g/mol. The summed E-state index contributed by atoms with van der Waals surface area (Å²) in [5, 5.41) is 6.33. The minimum absolute atomic E-state index is 0.0468. The number of nitrogens with one attached hydrogen (secondary N) is 2. The van der Waals surface area contributed by atoms with Crippen LogP contribution in [-0.2, 0) is 19.0 Å². The predicted octanol–water partition coefficient (Wildman–Crippen LogP) is -0.466. The number of amides is 1. The Morgan fingerprint density at radius 2 is 2.21 bits per heavy atom. The normalized spacial score (nSPS) is 26.9. The molecule has 0 aromatic heterocycles. The van der Waals surface area contributed by atoms with Gasteiger partial charge < -0.3 is 24.8 Å². The standard InChI is InChI=1S/C13H24N2O4/c1-17-10-13(2-4-14-5-3-13)9-15-12(16)11-8-18-6-7-19-11/h11,14H,2-10H2,1H3,(H,15,16). The number of hydrogen-bond acceptors (Lipinski definition) is 5. The fourth-order valence-electron chi connectivity index (χ4n) is 2.66. The lowest BCUT2D eigenvalue weighted by Crippen LogP contribution is -2.50. The molecular formula is C13H24N2O4. The van der Waals surface area contributed by atoms with E-state index in [1.165, 1.54) is 0 Å². The van der Waals surface area contributed by atoms with Crippen molar-refractivity contribution in [3.05, 3.63) is 0 Å². The zero-order valence-corrected chi connectivity index (χ0v) is 11.6. The van der Waals surface area contributed by atoms with Crippen LogP contribution in [0.2, 0.25) is 0 Å². The second-order valence-electron chi connectivity index (χ2n) is 5.34. The number of carbonyl (C=O) groups excluding carboxylic acids is 1. The predicted molar refractivity (Wildman–Crippen MR) is 70.0 cm³/mol. The lowest BCUT2D eigenvalue weighted by atomic mass is 9.79. The van der Waals surface area contributed by atoms with Gasteiger partial charge in [-0.15, -0.1) is 0 Å². The molecule has 6 heteroatoms. The summed E-state index contributed by atoms with van der Waals surface area (Å²) >= 11 is 0. The molecule has 6 nitrogen and oxygen atoms in total. The second-order valence-corrected chi connectivity index (χ2v) is 5.34. The minimum Gasteiger partial charge on any atom is -0.384 e. The maximum atomic E-state index is 12.0. The Morgan fingerprint density at radius 1 is 1.42 bits per heavy atom. The Hall–Kier alpha value is -0.690. The van der Waals surface area contributed by atoms with E-state index >= 15 is 0 Å². The fourth-order valence-corrected chi connectivity index (χ4v) is 2.66. The van der Waals surface area contributed by atoms with Gasteiger partial charge in [0.2, 0.25) is 0 Å². The third-order valence-corrected chi connectivity index (χ3v) is 3.86. The van der Waals surface area contributed by atoms with Crippen LogP contribution in [0.4, 0.5) is 0 Å². The Morgan fingerprint density at radius 3 is 2.84 bits per heavy atom. The van der Waals surface area contributed by atoms with Gasteiger partial charge in [0.1, 0.15) is 0 Å². The van der Waals surface area contributed by atoms with Crippen molar-refractivity contribution in [2.75, 3.05) is 53.2 Å². The van der Waals surface area contributed by atoms with Crippen molar-refractivity contribution >= 4 is 5.91 Å². The average molecular weight is 272 g/mol. The van der Waals surface area contributed by atoms with Gasteiger partial charge >= 0.3 is 0 Å². The van der Waals surface area contributed by atoms with Crippen LogP contribution in [0.25, 0.3) is 0 Å². The lowest BCUT2D eigenvalue weighted by Gasteiger charge is -2.37. The van der Waals surface area contributed by atoms with Crippen LogP contribution in [0.3, 0.4) is 0 Å². The minimum atomic E-state index is -0.463. The van der Waals surface area contributed by atoms with Crippen molar-refractivity contribution in [3.8, 4) is 0 Å². The first-order valence-electron chi connectivity index (χ1n) is 6.92. The van der Waals surface area contributed by atoms with Gasteiger partial charge in [-0.2, -0.15) is 0 Å². The molecule has 0 spiro atoms. The number of ether oxygens (including phenoxy) is 3. The summed E-state index contributed by atoms with van der Waals surface area (Å²) in [4.78, 5) is 12.0. The molecule has 0 aromatic rings. The van der Waals surface area contributed by atoms with Gasteiger partial charge in [0.05, 0.1) is 26.4 Å². The van der Waals surface area contributed by atoms with Gasteiger partial charge in [-0.3, -0.25) is 4.79 Å². The zero-order valence-electron chi connectivity index (χ0n) is 11.6. The maximum absolute atomic E-state index is 12.0.